The summed E-state index contributed by atoms with van der Waals surface area (Å²) in [5.74, 6) is 0.188. The highest BCUT2D eigenvalue weighted by Crippen LogP contribution is 2.26. The number of amides is 1. The summed E-state index contributed by atoms with van der Waals surface area (Å²) in [4.78, 5) is 14.2. The lowest BCUT2D eigenvalue weighted by molar-refractivity contribution is 0.0782. The number of hydrogen-bond acceptors (Lipinski definition) is 2. The van der Waals surface area contributed by atoms with Crippen LogP contribution in [0.2, 0.25) is 0 Å². The average molecular weight is 248 g/mol. The second-order valence-electron chi connectivity index (χ2n) is 5.34. The molecule has 2 atom stereocenters. The van der Waals surface area contributed by atoms with Gasteiger partial charge >= 0.3 is 0 Å². The van der Waals surface area contributed by atoms with E-state index in [1.807, 2.05) is 4.90 Å². The number of carbonyl (C=O) groups is 1. The summed E-state index contributed by atoms with van der Waals surface area (Å²) in [5.41, 5.74) is 1.25. The minimum absolute atomic E-state index is 0.0474. The number of nitrogens with one attached hydrogen (secondary N) is 1. The molecule has 4 heteroatoms. The van der Waals surface area contributed by atoms with Crippen molar-refractivity contribution in [3.8, 4) is 0 Å². The van der Waals surface area contributed by atoms with Crippen LogP contribution in [0.4, 0.5) is 4.39 Å². The first-order valence-electron chi connectivity index (χ1n) is 6.43. The highest BCUT2D eigenvalue weighted by atomic mass is 19.1. The van der Waals surface area contributed by atoms with Crippen LogP contribution in [0.15, 0.2) is 18.2 Å². The molecule has 2 saturated heterocycles. The zero-order valence-electron chi connectivity index (χ0n) is 10.4. The molecule has 0 aromatic heterocycles. The summed E-state index contributed by atoms with van der Waals surface area (Å²) in [6.45, 7) is 4.40. The van der Waals surface area contributed by atoms with Crippen molar-refractivity contribution in [2.24, 2.45) is 5.92 Å². The zero-order chi connectivity index (χ0) is 12.7. The Hall–Kier alpha value is -1.42. The number of benzene rings is 1. The van der Waals surface area contributed by atoms with Crippen molar-refractivity contribution in [2.45, 2.75) is 19.4 Å². The molecule has 3 rings (SSSR count). The van der Waals surface area contributed by atoms with E-state index in [0.717, 1.165) is 31.6 Å². The quantitative estimate of drug-likeness (QED) is 0.818. The van der Waals surface area contributed by atoms with Gasteiger partial charge in [-0.15, -0.1) is 0 Å². The van der Waals surface area contributed by atoms with E-state index in [4.69, 9.17) is 0 Å². The van der Waals surface area contributed by atoms with Crippen molar-refractivity contribution in [3.63, 3.8) is 0 Å². The smallest absolute Gasteiger partial charge is 0.254 e. The summed E-state index contributed by atoms with van der Waals surface area (Å²) in [7, 11) is 0. The Balaban J connectivity index is 1.78. The standard InChI is InChI=1S/C14H17FN2O/c1-9-4-11(6-12(15)5-9)14(18)17-7-10-2-3-16-13(10)8-17/h4-6,10,13,16H,2-3,7-8H2,1H3/t10-,13+/m0/s1. The van der Waals surface area contributed by atoms with E-state index in [1.165, 1.54) is 12.1 Å². The lowest BCUT2D eigenvalue weighted by atomic mass is 10.1. The molecular formula is C14H17FN2O. The van der Waals surface area contributed by atoms with Crippen LogP contribution in [-0.2, 0) is 0 Å². The Morgan fingerprint density at radius 3 is 2.94 bits per heavy atom. The van der Waals surface area contributed by atoms with E-state index in [2.05, 4.69) is 5.32 Å². The van der Waals surface area contributed by atoms with Crippen molar-refractivity contribution in [2.75, 3.05) is 19.6 Å². The van der Waals surface area contributed by atoms with Crippen LogP contribution in [-0.4, -0.2) is 36.5 Å². The first-order chi connectivity index (χ1) is 8.63. The predicted molar refractivity (Wildman–Crippen MR) is 66.9 cm³/mol. The second kappa shape index (κ2) is 4.35. The normalized spacial score (nSPS) is 26.4. The molecule has 0 unspecified atom stereocenters. The summed E-state index contributed by atoms with van der Waals surface area (Å²) < 4.78 is 13.3. The average Bonchev–Trinajstić information content (AvgIpc) is 2.86. The molecule has 2 aliphatic rings. The summed E-state index contributed by atoms with van der Waals surface area (Å²) in [5, 5.41) is 3.41. The van der Waals surface area contributed by atoms with E-state index in [0.29, 0.717) is 17.5 Å². The molecule has 1 aromatic carbocycles. The van der Waals surface area contributed by atoms with E-state index in [9.17, 15) is 9.18 Å². The second-order valence-corrected chi connectivity index (χ2v) is 5.34. The lowest BCUT2D eigenvalue weighted by Gasteiger charge is -2.17. The molecule has 1 N–H and O–H groups in total. The van der Waals surface area contributed by atoms with Crippen molar-refractivity contribution < 1.29 is 9.18 Å². The van der Waals surface area contributed by atoms with Gasteiger partial charge in [0.15, 0.2) is 0 Å². The van der Waals surface area contributed by atoms with Crippen molar-refractivity contribution in [1.29, 1.82) is 0 Å². The van der Waals surface area contributed by atoms with Gasteiger partial charge in [-0.05, 0) is 49.6 Å². The van der Waals surface area contributed by atoms with Gasteiger partial charge in [0.25, 0.3) is 5.91 Å². The number of carbonyl (C=O) groups excluding carboxylic acids is 1. The molecule has 0 radical (unpaired) electrons. The third-order valence-electron chi connectivity index (χ3n) is 3.94. The molecule has 18 heavy (non-hydrogen) atoms. The number of rotatable bonds is 1. The van der Waals surface area contributed by atoms with E-state index in [-0.39, 0.29) is 11.7 Å². The van der Waals surface area contributed by atoms with Crippen LogP contribution in [0.5, 0.6) is 0 Å². The van der Waals surface area contributed by atoms with Gasteiger partial charge in [0.05, 0.1) is 0 Å². The van der Waals surface area contributed by atoms with Crippen molar-refractivity contribution in [1.82, 2.24) is 10.2 Å². The summed E-state index contributed by atoms with van der Waals surface area (Å²) in [6.07, 6.45) is 1.14. The van der Waals surface area contributed by atoms with E-state index < -0.39 is 0 Å². The molecule has 2 aliphatic heterocycles. The first kappa shape index (κ1) is 11.7. The van der Waals surface area contributed by atoms with Crippen molar-refractivity contribution in [3.05, 3.63) is 35.1 Å². The molecular weight excluding hydrogens is 231 g/mol. The van der Waals surface area contributed by atoms with Crippen LogP contribution in [0.1, 0.15) is 22.3 Å². The van der Waals surface area contributed by atoms with Crippen LogP contribution < -0.4 is 5.32 Å². The fourth-order valence-electron chi connectivity index (χ4n) is 3.06. The number of likely N-dealkylation sites (tertiary alicyclic amines) is 1. The van der Waals surface area contributed by atoms with Crippen molar-refractivity contribution >= 4 is 5.91 Å². The number of nitrogens with zero attached hydrogens (tertiary/aromatic N) is 1. The molecule has 1 aromatic rings. The maximum atomic E-state index is 13.3. The molecule has 2 fully saturated rings. The minimum atomic E-state index is -0.337. The SMILES string of the molecule is Cc1cc(F)cc(C(=O)N2C[C@@H]3CCN[C@@H]3C2)c1. The number of hydrogen-bond donors (Lipinski definition) is 1. The maximum absolute atomic E-state index is 13.3. The summed E-state index contributed by atoms with van der Waals surface area (Å²) >= 11 is 0. The van der Waals surface area contributed by atoms with Crippen LogP contribution >= 0.6 is 0 Å². The van der Waals surface area contributed by atoms with E-state index >= 15 is 0 Å². The molecule has 0 spiro atoms. The largest absolute Gasteiger partial charge is 0.337 e. The molecule has 0 saturated carbocycles. The van der Waals surface area contributed by atoms with Gasteiger partial charge in [-0.3, -0.25) is 4.79 Å². The fourth-order valence-corrected chi connectivity index (χ4v) is 3.06. The molecule has 1 amide bonds. The Labute approximate surface area is 106 Å². The first-order valence-corrected chi connectivity index (χ1v) is 6.43. The maximum Gasteiger partial charge on any atom is 0.254 e. The number of fused-ring (bicyclic) bond motifs is 1. The third kappa shape index (κ3) is 2.01. The third-order valence-corrected chi connectivity index (χ3v) is 3.94. The highest BCUT2D eigenvalue weighted by Gasteiger charge is 2.38. The minimum Gasteiger partial charge on any atom is -0.337 e. The molecule has 96 valence electrons. The molecule has 0 bridgehead atoms. The zero-order valence-corrected chi connectivity index (χ0v) is 10.4. The van der Waals surface area contributed by atoms with Gasteiger partial charge < -0.3 is 10.2 Å². The highest BCUT2D eigenvalue weighted by molar-refractivity contribution is 5.94. The van der Waals surface area contributed by atoms with Gasteiger partial charge in [-0.1, -0.05) is 0 Å². The van der Waals surface area contributed by atoms with Crippen LogP contribution in [0.25, 0.3) is 0 Å². The number of aryl methyl sites for hydroxylation is 1. The molecule has 0 aliphatic carbocycles. The van der Waals surface area contributed by atoms with Gasteiger partial charge in [0.2, 0.25) is 0 Å². The van der Waals surface area contributed by atoms with Crippen LogP contribution in [0.3, 0.4) is 0 Å². The summed E-state index contributed by atoms with van der Waals surface area (Å²) in [6, 6.07) is 4.96. The topological polar surface area (TPSA) is 32.3 Å². The predicted octanol–water partition coefficient (Wildman–Crippen LogP) is 1.57. The van der Waals surface area contributed by atoms with Crippen LogP contribution in [0, 0.1) is 18.7 Å². The Kier molecular flexibility index (Phi) is 2.82. The van der Waals surface area contributed by atoms with Gasteiger partial charge in [-0.25, -0.2) is 4.39 Å². The monoisotopic (exact) mass is 248 g/mol. The Bertz CT molecular complexity index is 456. The molecule has 3 nitrogen and oxygen atoms in total. The molecule has 2 heterocycles. The fraction of sp³-hybridized carbons (Fsp3) is 0.500. The van der Waals surface area contributed by atoms with Gasteiger partial charge in [-0.2, -0.15) is 0 Å². The lowest BCUT2D eigenvalue weighted by Crippen LogP contribution is -2.34. The Morgan fingerprint density at radius 2 is 2.22 bits per heavy atom. The van der Waals surface area contributed by atoms with E-state index in [1.54, 1.807) is 13.0 Å². The van der Waals surface area contributed by atoms with Gasteiger partial charge in [0, 0.05) is 24.7 Å². The Morgan fingerprint density at radius 1 is 1.39 bits per heavy atom. The number of halogens is 1. The van der Waals surface area contributed by atoms with Gasteiger partial charge in [0.1, 0.15) is 5.82 Å².